The van der Waals surface area contributed by atoms with Gasteiger partial charge in [0, 0.05) is 54.9 Å². The number of phenolic OH excluding ortho intramolecular Hbond substituents is 1. The number of likely N-dealkylation sites (N-methyl/N-ethyl adjacent to an activating group) is 1. The third-order valence-corrected chi connectivity index (χ3v) is 9.14. The van der Waals surface area contributed by atoms with Gasteiger partial charge in [-0.2, -0.15) is 5.26 Å². The number of ether oxygens (including phenoxy) is 5. The minimum absolute atomic E-state index is 0.0464. The molecule has 1 fully saturated rings. The number of aryl methyl sites for hydroxylation is 1. The Bertz CT molecular complexity index is 1450. The van der Waals surface area contributed by atoms with Gasteiger partial charge < -0.3 is 34.1 Å². The van der Waals surface area contributed by atoms with Crippen LogP contribution in [0.5, 0.6) is 28.7 Å². The summed E-state index contributed by atoms with van der Waals surface area (Å²) < 4.78 is 29.1. The fourth-order valence-electron chi connectivity index (χ4n) is 7.52. The molecule has 2 bridgehead atoms. The fourth-order valence-corrected chi connectivity index (χ4v) is 7.52. The molecule has 2 aromatic carbocycles. The van der Waals surface area contributed by atoms with Crippen LogP contribution in [-0.4, -0.2) is 80.3 Å². The smallest absolute Gasteiger partial charge is 0.231 e. The number of nitrogens with one attached hydrogen (secondary N) is 1. The normalized spacial score (nSPS) is 25.9. The lowest BCUT2D eigenvalue weighted by Gasteiger charge is -2.60. The molecule has 0 saturated carbocycles. The molecular weight excluding hydrogens is 528 g/mol. The van der Waals surface area contributed by atoms with Gasteiger partial charge in [0.1, 0.15) is 11.8 Å². The summed E-state index contributed by atoms with van der Waals surface area (Å²) >= 11 is 0. The number of piperazine rings is 1. The summed E-state index contributed by atoms with van der Waals surface area (Å²) in [6.07, 6.45) is 1.09. The molecule has 6 rings (SSSR count). The van der Waals surface area contributed by atoms with E-state index in [0.717, 1.165) is 27.8 Å². The summed E-state index contributed by atoms with van der Waals surface area (Å²) in [5.41, 5.74) is 5.19. The van der Waals surface area contributed by atoms with Gasteiger partial charge in [-0.15, -0.1) is 0 Å². The minimum atomic E-state index is -0.492. The van der Waals surface area contributed by atoms with Crippen LogP contribution in [0.4, 0.5) is 0 Å². The predicted octanol–water partition coefficient (Wildman–Crippen LogP) is 2.64. The second kappa shape index (κ2) is 10.3. The van der Waals surface area contributed by atoms with E-state index in [0.29, 0.717) is 41.4 Å². The molecule has 0 aromatic heterocycles. The van der Waals surface area contributed by atoms with Crippen molar-refractivity contribution in [1.29, 1.82) is 5.26 Å². The highest BCUT2D eigenvalue weighted by Gasteiger charge is 2.56. The first-order valence-electron chi connectivity index (χ1n) is 13.8. The van der Waals surface area contributed by atoms with E-state index in [2.05, 4.69) is 34.3 Å². The first kappa shape index (κ1) is 27.4. The number of amides is 1. The standard InChI is InChI=1S/C30H36N4O7/c1-14-7-17-8-19-21(10-31)34-20(25(33(19)4)23(17)29(27(14)38-6)39-12-37-5)9-18-24(22(34)11-32-16(3)35)30-28(40-13-41-30)15(2)26(18)36/h7,19-22,25,36H,8-9,11-13H2,1-6H3,(H,32,35)/t19-,20?,21-,22?,25-/m0/s1. The van der Waals surface area contributed by atoms with Crippen LogP contribution in [0.3, 0.4) is 0 Å². The molecule has 218 valence electrons. The van der Waals surface area contributed by atoms with Crippen LogP contribution in [0.25, 0.3) is 0 Å². The molecule has 0 aliphatic carbocycles. The van der Waals surface area contributed by atoms with Crippen LogP contribution in [-0.2, 0) is 22.4 Å². The summed E-state index contributed by atoms with van der Waals surface area (Å²) in [5, 5.41) is 25.2. The molecule has 2 unspecified atom stereocenters. The van der Waals surface area contributed by atoms with Gasteiger partial charge in [-0.25, -0.2) is 0 Å². The summed E-state index contributed by atoms with van der Waals surface area (Å²) in [7, 11) is 5.26. The van der Waals surface area contributed by atoms with E-state index in [4.69, 9.17) is 23.7 Å². The second-order valence-electron chi connectivity index (χ2n) is 11.2. The van der Waals surface area contributed by atoms with E-state index in [1.807, 2.05) is 13.8 Å². The summed E-state index contributed by atoms with van der Waals surface area (Å²) in [6.45, 7) is 5.63. The molecule has 4 aliphatic heterocycles. The number of nitrogens with zero attached hydrogens (tertiary/aromatic N) is 3. The quantitative estimate of drug-likeness (QED) is 0.506. The Morgan fingerprint density at radius 3 is 2.61 bits per heavy atom. The van der Waals surface area contributed by atoms with Crippen LogP contribution >= 0.6 is 0 Å². The predicted molar refractivity (Wildman–Crippen MR) is 147 cm³/mol. The van der Waals surface area contributed by atoms with Crippen LogP contribution in [0.15, 0.2) is 6.07 Å². The van der Waals surface area contributed by atoms with Crippen molar-refractivity contribution >= 4 is 5.91 Å². The number of phenols is 1. The molecule has 2 N–H and O–H groups in total. The van der Waals surface area contributed by atoms with Crippen molar-refractivity contribution in [3.63, 3.8) is 0 Å². The Labute approximate surface area is 239 Å². The molecule has 2 aromatic rings. The molecular formula is C30H36N4O7. The van der Waals surface area contributed by atoms with Gasteiger partial charge in [0.05, 0.1) is 25.3 Å². The van der Waals surface area contributed by atoms with Gasteiger partial charge in [-0.05, 0) is 44.9 Å². The van der Waals surface area contributed by atoms with Gasteiger partial charge >= 0.3 is 0 Å². The van der Waals surface area contributed by atoms with Crippen molar-refractivity contribution in [2.45, 2.75) is 63.8 Å². The molecule has 11 heteroatoms. The number of hydrogen-bond acceptors (Lipinski definition) is 10. The Hall–Kier alpha value is -3.72. The molecule has 11 nitrogen and oxygen atoms in total. The highest BCUT2D eigenvalue weighted by atomic mass is 16.7. The number of methoxy groups -OCH3 is 2. The summed E-state index contributed by atoms with van der Waals surface area (Å²) in [4.78, 5) is 16.7. The average molecular weight is 565 g/mol. The van der Waals surface area contributed by atoms with Crippen molar-refractivity contribution in [2.24, 2.45) is 0 Å². The van der Waals surface area contributed by atoms with Gasteiger partial charge in [0.25, 0.3) is 0 Å². The van der Waals surface area contributed by atoms with Gasteiger partial charge in [-0.3, -0.25) is 14.6 Å². The monoisotopic (exact) mass is 564 g/mol. The fraction of sp³-hybridized carbons (Fsp3) is 0.533. The Kier molecular flexibility index (Phi) is 6.88. The topological polar surface area (TPSA) is 126 Å². The summed E-state index contributed by atoms with van der Waals surface area (Å²) in [6, 6.07) is 3.25. The van der Waals surface area contributed by atoms with Gasteiger partial charge in [-0.1, -0.05) is 6.07 Å². The van der Waals surface area contributed by atoms with E-state index >= 15 is 0 Å². The average Bonchev–Trinajstić information content (AvgIpc) is 3.43. The van der Waals surface area contributed by atoms with Crippen molar-refractivity contribution < 1.29 is 33.6 Å². The number of fused-ring (bicyclic) bond motifs is 9. The first-order chi connectivity index (χ1) is 19.7. The van der Waals surface area contributed by atoms with Gasteiger partial charge in [0.2, 0.25) is 12.7 Å². The molecule has 5 atom stereocenters. The molecule has 0 radical (unpaired) electrons. The highest BCUT2D eigenvalue weighted by Crippen LogP contribution is 2.58. The third-order valence-electron chi connectivity index (χ3n) is 9.14. The van der Waals surface area contributed by atoms with E-state index < -0.39 is 12.1 Å². The molecule has 1 saturated heterocycles. The molecule has 41 heavy (non-hydrogen) atoms. The lowest BCUT2D eigenvalue weighted by molar-refractivity contribution is -0.120. The van der Waals surface area contributed by atoms with Crippen molar-refractivity contribution in [1.82, 2.24) is 15.1 Å². The zero-order valence-electron chi connectivity index (χ0n) is 24.2. The SMILES string of the molecule is COCOc1c(OC)c(C)cc2c1[C@@H]1C3Cc4c(O)c(C)c5c(c4C(CNC(C)=O)N3[C@@H](C#N)[C@H](C2)N1C)OCO5. The largest absolute Gasteiger partial charge is 0.507 e. The molecule has 0 spiro atoms. The number of hydrogen-bond donors (Lipinski definition) is 2. The van der Waals surface area contributed by atoms with Crippen molar-refractivity contribution in [2.75, 3.05) is 41.4 Å². The maximum Gasteiger partial charge on any atom is 0.231 e. The van der Waals surface area contributed by atoms with E-state index in [1.165, 1.54) is 6.92 Å². The number of nitriles is 1. The van der Waals surface area contributed by atoms with Crippen LogP contribution < -0.4 is 24.3 Å². The van der Waals surface area contributed by atoms with Crippen molar-refractivity contribution in [3.05, 3.63) is 39.4 Å². The number of rotatable bonds is 6. The number of carbonyl (C=O) groups is 1. The van der Waals surface area contributed by atoms with Crippen molar-refractivity contribution in [3.8, 4) is 34.8 Å². The maximum atomic E-state index is 12.2. The van der Waals surface area contributed by atoms with Crippen LogP contribution in [0, 0.1) is 25.2 Å². The first-order valence-corrected chi connectivity index (χ1v) is 13.8. The Morgan fingerprint density at radius 1 is 1.17 bits per heavy atom. The third kappa shape index (κ3) is 4.00. The minimum Gasteiger partial charge on any atom is -0.507 e. The highest BCUT2D eigenvalue weighted by molar-refractivity contribution is 5.73. The Balaban J connectivity index is 1.60. The van der Waals surface area contributed by atoms with E-state index in [-0.39, 0.29) is 49.9 Å². The Morgan fingerprint density at radius 2 is 1.93 bits per heavy atom. The van der Waals surface area contributed by atoms with E-state index in [1.54, 1.807) is 14.2 Å². The second-order valence-corrected chi connectivity index (χ2v) is 11.2. The lowest BCUT2D eigenvalue weighted by Crippen LogP contribution is -2.68. The van der Waals surface area contributed by atoms with Gasteiger partial charge in [0.15, 0.2) is 29.8 Å². The zero-order chi connectivity index (χ0) is 29.2. The molecule has 4 aliphatic rings. The molecule has 4 heterocycles. The zero-order valence-corrected chi connectivity index (χ0v) is 24.2. The lowest BCUT2D eigenvalue weighted by atomic mass is 9.71. The molecule has 1 amide bonds. The maximum absolute atomic E-state index is 12.2. The van der Waals surface area contributed by atoms with Crippen LogP contribution in [0.1, 0.15) is 52.4 Å². The van der Waals surface area contributed by atoms with Crippen LogP contribution in [0.2, 0.25) is 0 Å². The summed E-state index contributed by atoms with van der Waals surface area (Å²) in [5.74, 6) is 2.34. The number of benzene rings is 2. The number of carbonyl (C=O) groups excluding carboxylic acids is 1. The van der Waals surface area contributed by atoms with E-state index in [9.17, 15) is 15.2 Å². The number of aromatic hydroxyl groups is 1.